The van der Waals surface area contributed by atoms with Crippen molar-refractivity contribution in [2.45, 2.75) is 13.0 Å². The second kappa shape index (κ2) is 6.10. The van der Waals surface area contributed by atoms with Crippen molar-refractivity contribution in [2.75, 3.05) is 20.8 Å². The second-order valence-electron chi connectivity index (χ2n) is 3.68. The first-order valence-electron chi connectivity index (χ1n) is 5.35. The SMILES string of the molecule is COc1ccc(C(=O)N[C@H](C)CN)c(OC)c1. The van der Waals surface area contributed by atoms with Crippen molar-refractivity contribution in [1.29, 1.82) is 0 Å². The van der Waals surface area contributed by atoms with Crippen LogP contribution in [-0.4, -0.2) is 32.7 Å². The average Bonchev–Trinajstić information content (AvgIpc) is 2.37. The zero-order chi connectivity index (χ0) is 12.8. The van der Waals surface area contributed by atoms with Gasteiger partial charge in [-0.15, -0.1) is 0 Å². The molecule has 1 rings (SSSR count). The molecule has 94 valence electrons. The first-order chi connectivity index (χ1) is 8.12. The maximum atomic E-state index is 11.9. The molecule has 0 aliphatic carbocycles. The Labute approximate surface area is 101 Å². The van der Waals surface area contributed by atoms with E-state index in [1.54, 1.807) is 25.3 Å². The van der Waals surface area contributed by atoms with E-state index in [0.29, 0.717) is 23.6 Å². The topological polar surface area (TPSA) is 73.6 Å². The Bertz CT molecular complexity index is 393. The third-order valence-electron chi connectivity index (χ3n) is 2.38. The second-order valence-corrected chi connectivity index (χ2v) is 3.68. The van der Waals surface area contributed by atoms with Crippen LogP contribution in [0.2, 0.25) is 0 Å². The summed E-state index contributed by atoms with van der Waals surface area (Å²) in [5, 5.41) is 2.77. The summed E-state index contributed by atoms with van der Waals surface area (Å²) in [7, 11) is 3.07. The third-order valence-corrected chi connectivity index (χ3v) is 2.38. The zero-order valence-corrected chi connectivity index (χ0v) is 10.3. The number of rotatable bonds is 5. The van der Waals surface area contributed by atoms with Gasteiger partial charge in [0.05, 0.1) is 19.8 Å². The molecule has 5 nitrogen and oxygen atoms in total. The fraction of sp³-hybridized carbons (Fsp3) is 0.417. The van der Waals surface area contributed by atoms with Gasteiger partial charge in [-0.1, -0.05) is 0 Å². The van der Waals surface area contributed by atoms with Gasteiger partial charge in [-0.05, 0) is 19.1 Å². The summed E-state index contributed by atoms with van der Waals surface area (Å²) >= 11 is 0. The number of carbonyl (C=O) groups is 1. The van der Waals surface area contributed by atoms with E-state index in [4.69, 9.17) is 15.2 Å². The molecule has 0 aliphatic heterocycles. The number of amides is 1. The number of methoxy groups -OCH3 is 2. The van der Waals surface area contributed by atoms with Gasteiger partial charge in [0.2, 0.25) is 0 Å². The van der Waals surface area contributed by atoms with Crippen molar-refractivity contribution in [3.8, 4) is 11.5 Å². The monoisotopic (exact) mass is 238 g/mol. The molecule has 3 N–H and O–H groups in total. The minimum Gasteiger partial charge on any atom is -0.497 e. The number of benzene rings is 1. The van der Waals surface area contributed by atoms with Crippen LogP contribution in [0, 0.1) is 0 Å². The standard InChI is InChI=1S/C12H18N2O3/c1-8(7-13)14-12(15)10-5-4-9(16-2)6-11(10)17-3/h4-6,8H,7,13H2,1-3H3,(H,14,15)/t8-/m1/s1. The van der Waals surface area contributed by atoms with Gasteiger partial charge in [-0.2, -0.15) is 0 Å². The fourth-order valence-corrected chi connectivity index (χ4v) is 1.35. The van der Waals surface area contributed by atoms with E-state index in [2.05, 4.69) is 5.32 Å². The van der Waals surface area contributed by atoms with E-state index in [0.717, 1.165) is 0 Å². The van der Waals surface area contributed by atoms with Crippen molar-refractivity contribution in [3.05, 3.63) is 23.8 Å². The molecule has 0 saturated carbocycles. The Morgan fingerprint density at radius 3 is 2.65 bits per heavy atom. The molecule has 0 spiro atoms. The molecule has 0 saturated heterocycles. The van der Waals surface area contributed by atoms with Gasteiger partial charge in [0, 0.05) is 18.7 Å². The Morgan fingerprint density at radius 1 is 1.41 bits per heavy atom. The Morgan fingerprint density at radius 2 is 2.12 bits per heavy atom. The summed E-state index contributed by atoms with van der Waals surface area (Å²) in [5.74, 6) is 0.916. The summed E-state index contributed by atoms with van der Waals surface area (Å²) in [6.45, 7) is 2.23. The highest BCUT2D eigenvalue weighted by Gasteiger charge is 2.14. The van der Waals surface area contributed by atoms with Crippen LogP contribution in [0.4, 0.5) is 0 Å². The third kappa shape index (κ3) is 3.35. The van der Waals surface area contributed by atoms with Crippen LogP contribution in [-0.2, 0) is 0 Å². The highest BCUT2D eigenvalue weighted by Crippen LogP contribution is 2.24. The molecular formula is C12H18N2O3. The Kier molecular flexibility index (Phi) is 4.78. The van der Waals surface area contributed by atoms with Gasteiger partial charge >= 0.3 is 0 Å². The van der Waals surface area contributed by atoms with Crippen LogP contribution in [0.5, 0.6) is 11.5 Å². The number of carbonyl (C=O) groups excluding carboxylic acids is 1. The van der Waals surface area contributed by atoms with Crippen LogP contribution in [0.1, 0.15) is 17.3 Å². The lowest BCUT2D eigenvalue weighted by molar-refractivity contribution is 0.0938. The van der Waals surface area contributed by atoms with E-state index >= 15 is 0 Å². The molecule has 0 bridgehead atoms. The largest absolute Gasteiger partial charge is 0.497 e. The predicted molar refractivity (Wildman–Crippen MR) is 65.5 cm³/mol. The quantitative estimate of drug-likeness (QED) is 0.795. The molecule has 1 aromatic carbocycles. The molecule has 0 radical (unpaired) electrons. The molecule has 1 amide bonds. The summed E-state index contributed by atoms with van der Waals surface area (Å²) in [6.07, 6.45) is 0. The highest BCUT2D eigenvalue weighted by atomic mass is 16.5. The van der Waals surface area contributed by atoms with Gasteiger partial charge in [0.25, 0.3) is 5.91 Å². The van der Waals surface area contributed by atoms with Crippen LogP contribution in [0.15, 0.2) is 18.2 Å². The van der Waals surface area contributed by atoms with Gasteiger partial charge in [-0.3, -0.25) is 4.79 Å². The van der Waals surface area contributed by atoms with Crippen molar-refractivity contribution < 1.29 is 14.3 Å². The maximum absolute atomic E-state index is 11.9. The molecule has 0 aliphatic rings. The minimum atomic E-state index is -0.206. The fourth-order valence-electron chi connectivity index (χ4n) is 1.35. The summed E-state index contributed by atoms with van der Waals surface area (Å²) in [5.41, 5.74) is 5.91. The van der Waals surface area contributed by atoms with Crippen LogP contribution in [0.3, 0.4) is 0 Å². The predicted octanol–water partition coefficient (Wildman–Crippen LogP) is 0.781. The minimum absolute atomic E-state index is 0.0747. The molecule has 0 fully saturated rings. The van der Waals surface area contributed by atoms with Crippen molar-refractivity contribution >= 4 is 5.91 Å². The first kappa shape index (κ1) is 13.3. The molecule has 5 heteroatoms. The van der Waals surface area contributed by atoms with Crippen LogP contribution < -0.4 is 20.5 Å². The highest BCUT2D eigenvalue weighted by molar-refractivity contribution is 5.97. The van der Waals surface area contributed by atoms with Gasteiger partial charge in [-0.25, -0.2) is 0 Å². The smallest absolute Gasteiger partial charge is 0.255 e. The number of nitrogens with one attached hydrogen (secondary N) is 1. The molecule has 1 aromatic rings. The van der Waals surface area contributed by atoms with Crippen LogP contribution >= 0.6 is 0 Å². The van der Waals surface area contributed by atoms with Crippen molar-refractivity contribution in [2.24, 2.45) is 5.73 Å². The van der Waals surface area contributed by atoms with E-state index in [1.165, 1.54) is 7.11 Å². The number of nitrogens with two attached hydrogens (primary N) is 1. The molecule has 0 heterocycles. The van der Waals surface area contributed by atoms with Gasteiger partial charge < -0.3 is 20.5 Å². The lowest BCUT2D eigenvalue weighted by atomic mass is 10.1. The van der Waals surface area contributed by atoms with Gasteiger partial charge in [0.1, 0.15) is 11.5 Å². The molecule has 0 aromatic heterocycles. The summed E-state index contributed by atoms with van der Waals surface area (Å²) < 4.78 is 10.2. The molecule has 0 unspecified atom stereocenters. The number of hydrogen-bond donors (Lipinski definition) is 2. The Hall–Kier alpha value is -1.75. The Balaban J connectivity index is 2.93. The number of hydrogen-bond acceptors (Lipinski definition) is 4. The van der Waals surface area contributed by atoms with Gasteiger partial charge in [0.15, 0.2) is 0 Å². The summed E-state index contributed by atoms with van der Waals surface area (Å²) in [6, 6.07) is 4.97. The van der Waals surface area contributed by atoms with Crippen molar-refractivity contribution in [1.82, 2.24) is 5.32 Å². The maximum Gasteiger partial charge on any atom is 0.255 e. The van der Waals surface area contributed by atoms with Crippen LogP contribution in [0.25, 0.3) is 0 Å². The number of ether oxygens (including phenoxy) is 2. The van der Waals surface area contributed by atoms with E-state index in [-0.39, 0.29) is 11.9 Å². The molecule has 1 atom stereocenters. The average molecular weight is 238 g/mol. The van der Waals surface area contributed by atoms with E-state index < -0.39 is 0 Å². The van der Waals surface area contributed by atoms with E-state index in [1.807, 2.05) is 6.92 Å². The van der Waals surface area contributed by atoms with Crippen molar-refractivity contribution in [3.63, 3.8) is 0 Å². The zero-order valence-electron chi connectivity index (χ0n) is 10.3. The normalized spacial score (nSPS) is 11.8. The summed E-state index contributed by atoms with van der Waals surface area (Å²) in [4.78, 5) is 11.9. The molecular weight excluding hydrogens is 220 g/mol. The lowest BCUT2D eigenvalue weighted by Crippen LogP contribution is -2.37. The first-order valence-corrected chi connectivity index (χ1v) is 5.35. The molecule has 17 heavy (non-hydrogen) atoms. The van der Waals surface area contributed by atoms with E-state index in [9.17, 15) is 4.79 Å². The lowest BCUT2D eigenvalue weighted by Gasteiger charge is -2.14.